The molecule has 0 saturated carbocycles. The first-order valence-corrected chi connectivity index (χ1v) is 10.9. The second-order valence-electron chi connectivity index (χ2n) is 7.64. The molecule has 0 bridgehead atoms. The van der Waals surface area contributed by atoms with E-state index >= 15 is 0 Å². The van der Waals surface area contributed by atoms with Gasteiger partial charge in [-0.3, -0.25) is 4.57 Å². The van der Waals surface area contributed by atoms with Crippen LogP contribution in [0.15, 0.2) is 77.7 Å². The molecule has 5 aromatic rings. The third-order valence-electron chi connectivity index (χ3n) is 5.45. The molecule has 0 aliphatic carbocycles. The quantitative estimate of drug-likeness (QED) is 0.347. The molecule has 5 rings (SSSR count). The molecule has 3 aromatic carbocycles. The summed E-state index contributed by atoms with van der Waals surface area (Å²) < 4.78 is 36.7. The highest BCUT2D eigenvalue weighted by atomic mass is 35.5. The zero-order valence-corrected chi connectivity index (χ0v) is 19.1. The third-order valence-corrected chi connectivity index (χ3v) is 5.68. The van der Waals surface area contributed by atoms with E-state index in [0.29, 0.717) is 27.7 Å². The van der Waals surface area contributed by atoms with Gasteiger partial charge in [-0.15, -0.1) is 0 Å². The average molecular weight is 494 g/mol. The van der Waals surface area contributed by atoms with E-state index in [1.165, 1.54) is 28.5 Å². The minimum Gasteiger partial charge on any atom is -0.497 e. The van der Waals surface area contributed by atoms with Crippen molar-refractivity contribution in [1.29, 1.82) is 0 Å². The molecule has 35 heavy (non-hydrogen) atoms. The largest absolute Gasteiger partial charge is 0.497 e. The second kappa shape index (κ2) is 9.19. The number of hydrogen-bond acceptors (Lipinski definition) is 5. The summed E-state index contributed by atoms with van der Waals surface area (Å²) >= 11 is 6.06. The van der Waals surface area contributed by atoms with Crippen LogP contribution in [0.4, 0.5) is 20.4 Å². The van der Waals surface area contributed by atoms with Crippen LogP contribution in [0.2, 0.25) is 5.02 Å². The molecular formula is C25H18ClF2N5O2. The van der Waals surface area contributed by atoms with E-state index in [-0.39, 0.29) is 23.7 Å². The lowest BCUT2D eigenvalue weighted by Gasteiger charge is -2.07. The normalized spacial score (nSPS) is 11.1. The fourth-order valence-electron chi connectivity index (χ4n) is 3.77. The number of aromatic nitrogens is 4. The molecule has 0 saturated heterocycles. The smallest absolute Gasteiger partial charge is 0.335 e. The van der Waals surface area contributed by atoms with Crippen molar-refractivity contribution in [2.24, 2.45) is 0 Å². The molecule has 0 unspecified atom stereocenters. The number of fused-ring (bicyclic) bond motifs is 1. The van der Waals surface area contributed by atoms with Gasteiger partial charge in [0.1, 0.15) is 22.9 Å². The van der Waals surface area contributed by atoms with Gasteiger partial charge in [-0.05, 0) is 42.5 Å². The van der Waals surface area contributed by atoms with Gasteiger partial charge in [-0.2, -0.15) is 4.98 Å². The number of anilines is 2. The van der Waals surface area contributed by atoms with E-state index < -0.39 is 17.3 Å². The lowest BCUT2D eigenvalue weighted by atomic mass is 10.2. The van der Waals surface area contributed by atoms with E-state index in [2.05, 4.69) is 15.3 Å². The Kier molecular flexibility index (Phi) is 5.92. The van der Waals surface area contributed by atoms with Gasteiger partial charge in [0.05, 0.1) is 25.5 Å². The van der Waals surface area contributed by atoms with Crippen LogP contribution >= 0.6 is 11.6 Å². The first-order chi connectivity index (χ1) is 16.9. The number of hydrogen-bond donors (Lipinski definition) is 1. The number of benzene rings is 3. The second-order valence-corrected chi connectivity index (χ2v) is 8.08. The summed E-state index contributed by atoms with van der Waals surface area (Å²) in [6.45, 7) is -0.338. The molecule has 0 aliphatic heterocycles. The van der Waals surface area contributed by atoms with Crippen molar-refractivity contribution in [3.63, 3.8) is 0 Å². The summed E-state index contributed by atoms with van der Waals surface area (Å²) in [4.78, 5) is 22.4. The number of imidazole rings is 1. The highest BCUT2D eigenvalue weighted by molar-refractivity contribution is 6.30. The van der Waals surface area contributed by atoms with E-state index in [1.54, 1.807) is 48.5 Å². The first kappa shape index (κ1) is 22.5. The maximum Gasteiger partial charge on any atom is 0.335 e. The lowest BCUT2D eigenvalue weighted by molar-refractivity contribution is 0.414. The zero-order chi connectivity index (χ0) is 24.5. The van der Waals surface area contributed by atoms with Crippen molar-refractivity contribution >= 4 is 34.4 Å². The van der Waals surface area contributed by atoms with E-state index in [9.17, 15) is 13.6 Å². The van der Waals surface area contributed by atoms with Gasteiger partial charge in [0.25, 0.3) is 0 Å². The first-order valence-electron chi connectivity index (χ1n) is 10.5. The molecule has 0 spiro atoms. The van der Waals surface area contributed by atoms with E-state index in [1.807, 2.05) is 0 Å². The molecule has 10 heteroatoms. The van der Waals surface area contributed by atoms with Crippen LogP contribution in [0.25, 0.3) is 16.9 Å². The van der Waals surface area contributed by atoms with Gasteiger partial charge in [0, 0.05) is 22.3 Å². The van der Waals surface area contributed by atoms with Gasteiger partial charge < -0.3 is 10.1 Å². The molecule has 176 valence electrons. The summed E-state index contributed by atoms with van der Waals surface area (Å²) in [5.74, 6) is -0.758. The van der Waals surface area contributed by atoms with Crippen LogP contribution in [-0.4, -0.2) is 26.2 Å². The highest BCUT2D eigenvalue weighted by Gasteiger charge is 2.20. The Bertz CT molecular complexity index is 1600. The van der Waals surface area contributed by atoms with Gasteiger partial charge in [-0.1, -0.05) is 29.8 Å². The summed E-state index contributed by atoms with van der Waals surface area (Å²) in [6.07, 6.45) is 1.44. The van der Waals surface area contributed by atoms with Gasteiger partial charge in [0.15, 0.2) is 5.65 Å². The number of nitrogens with one attached hydrogen (secondary N) is 1. The van der Waals surface area contributed by atoms with Crippen molar-refractivity contribution in [2.45, 2.75) is 6.54 Å². The molecule has 2 aromatic heterocycles. The summed E-state index contributed by atoms with van der Waals surface area (Å²) in [7, 11) is 1.52. The molecular weight excluding hydrogens is 476 g/mol. The summed E-state index contributed by atoms with van der Waals surface area (Å²) in [6, 6.07) is 17.4. The van der Waals surface area contributed by atoms with Crippen molar-refractivity contribution in [2.75, 3.05) is 12.4 Å². The van der Waals surface area contributed by atoms with Gasteiger partial charge >= 0.3 is 5.69 Å². The molecule has 0 atom stereocenters. The Morgan fingerprint density at radius 3 is 2.51 bits per heavy atom. The van der Waals surface area contributed by atoms with E-state index in [4.69, 9.17) is 16.3 Å². The molecule has 2 heterocycles. The Labute approximate surface area is 203 Å². The molecule has 0 radical (unpaired) electrons. The Morgan fingerprint density at radius 2 is 1.77 bits per heavy atom. The number of rotatable bonds is 6. The fourth-order valence-corrected chi connectivity index (χ4v) is 3.96. The Hall–Kier alpha value is -4.24. The summed E-state index contributed by atoms with van der Waals surface area (Å²) in [5.41, 5.74) is 0.904. The zero-order valence-electron chi connectivity index (χ0n) is 18.4. The standard InChI is InChI=1S/C25H18ClF2N5O2/c1-35-18-8-3-7-17(12-18)33-23-22(13-29-24(31-23)30-16-6-2-5-15(26)11-16)32(25(33)34)14-19-20(27)9-4-10-21(19)28/h2-13H,14H2,1H3,(H,29,30,31). The van der Waals surface area contributed by atoms with Crippen LogP contribution in [-0.2, 0) is 6.54 Å². The van der Waals surface area contributed by atoms with Crippen molar-refractivity contribution in [3.05, 3.63) is 106 Å². The molecule has 1 N–H and O–H groups in total. The van der Waals surface area contributed by atoms with Crippen LogP contribution in [0, 0.1) is 11.6 Å². The van der Waals surface area contributed by atoms with Crippen LogP contribution in [0.5, 0.6) is 5.75 Å². The van der Waals surface area contributed by atoms with Crippen LogP contribution in [0.1, 0.15) is 5.56 Å². The number of methoxy groups -OCH3 is 1. The molecule has 7 nitrogen and oxygen atoms in total. The SMILES string of the molecule is COc1cccc(-n2c(=O)n(Cc3c(F)cccc3F)c3cnc(Nc4cccc(Cl)c4)nc32)c1. The maximum atomic E-state index is 14.4. The fraction of sp³-hybridized carbons (Fsp3) is 0.0800. The minimum absolute atomic E-state index is 0.214. The lowest BCUT2D eigenvalue weighted by Crippen LogP contribution is -2.24. The average Bonchev–Trinajstić information content (AvgIpc) is 3.12. The summed E-state index contributed by atoms with van der Waals surface area (Å²) in [5, 5.41) is 3.59. The number of halogens is 3. The van der Waals surface area contributed by atoms with Crippen LogP contribution in [0.3, 0.4) is 0 Å². The minimum atomic E-state index is -0.751. The van der Waals surface area contributed by atoms with Crippen molar-refractivity contribution in [3.8, 4) is 11.4 Å². The van der Waals surface area contributed by atoms with E-state index in [0.717, 1.165) is 12.1 Å². The van der Waals surface area contributed by atoms with Gasteiger partial charge in [0.2, 0.25) is 5.95 Å². The number of nitrogens with zero attached hydrogens (tertiary/aromatic N) is 4. The Morgan fingerprint density at radius 1 is 1.03 bits per heavy atom. The molecule has 0 fully saturated rings. The monoisotopic (exact) mass is 493 g/mol. The predicted molar refractivity (Wildman–Crippen MR) is 130 cm³/mol. The highest BCUT2D eigenvalue weighted by Crippen LogP contribution is 2.24. The predicted octanol–water partition coefficient (Wildman–Crippen LogP) is 5.31. The number of ether oxygens (including phenoxy) is 1. The van der Waals surface area contributed by atoms with Gasteiger partial charge in [-0.25, -0.2) is 23.1 Å². The third kappa shape index (κ3) is 4.33. The molecule has 0 amide bonds. The topological polar surface area (TPSA) is 74.0 Å². The van der Waals surface area contributed by atoms with Crippen molar-refractivity contribution in [1.82, 2.24) is 19.1 Å². The van der Waals surface area contributed by atoms with Crippen LogP contribution < -0.4 is 15.7 Å². The molecule has 0 aliphatic rings. The Balaban J connectivity index is 1.70. The van der Waals surface area contributed by atoms with Crippen molar-refractivity contribution < 1.29 is 13.5 Å². The maximum absolute atomic E-state index is 14.4.